The Morgan fingerprint density at radius 1 is 1.11 bits per heavy atom. The Labute approximate surface area is 108 Å². The zero-order chi connectivity index (χ0) is 13.3. The van der Waals surface area contributed by atoms with Crippen molar-refractivity contribution in [3.05, 3.63) is 0 Å². The average Bonchev–Trinajstić information content (AvgIpc) is 2.36. The first-order chi connectivity index (χ1) is 8.39. The van der Waals surface area contributed by atoms with Crippen LogP contribution in [0, 0.1) is 11.3 Å². The van der Waals surface area contributed by atoms with Crippen LogP contribution in [0.4, 0.5) is 4.79 Å². The maximum Gasteiger partial charge on any atom is 0.320 e. The van der Waals surface area contributed by atoms with Gasteiger partial charge in [0, 0.05) is 26.2 Å². The zero-order valence-electron chi connectivity index (χ0n) is 11.2. The van der Waals surface area contributed by atoms with Gasteiger partial charge in [-0.2, -0.15) is 0 Å². The molecular weight excluding hydrogens is 232 g/mol. The van der Waals surface area contributed by atoms with Crippen LogP contribution >= 0.6 is 0 Å². The minimum atomic E-state index is -0.795. The van der Waals surface area contributed by atoms with E-state index in [2.05, 4.69) is 13.8 Å². The van der Waals surface area contributed by atoms with Crippen LogP contribution in [0.3, 0.4) is 0 Å². The molecule has 0 aromatic heterocycles. The third kappa shape index (κ3) is 2.76. The van der Waals surface area contributed by atoms with Crippen molar-refractivity contribution in [3.63, 3.8) is 0 Å². The first-order valence-corrected chi connectivity index (χ1v) is 6.66. The summed E-state index contributed by atoms with van der Waals surface area (Å²) in [6.07, 6.45) is 3.21. The van der Waals surface area contributed by atoms with E-state index in [9.17, 15) is 9.59 Å². The molecular formula is C13H22N2O3. The normalized spacial score (nSPS) is 24.3. The number of carboxylic acids is 1. The number of aliphatic carboxylic acids is 1. The van der Waals surface area contributed by atoms with Gasteiger partial charge in [0.1, 0.15) is 0 Å². The second kappa shape index (κ2) is 4.78. The van der Waals surface area contributed by atoms with E-state index in [4.69, 9.17) is 5.11 Å². The molecule has 2 aliphatic heterocycles. The van der Waals surface area contributed by atoms with E-state index >= 15 is 0 Å². The summed E-state index contributed by atoms with van der Waals surface area (Å²) in [6.45, 7) is 6.81. The van der Waals surface area contributed by atoms with Crippen molar-refractivity contribution in [2.45, 2.75) is 33.1 Å². The molecule has 2 fully saturated rings. The molecule has 2 rings (SSSR count). The number of carboxylic acid groups (broad SMARTS) is 1. The average molecular weight is 254 g/mol. The highest BCUT2D eigenvalue weighted by molar-refractivity contribution is 5.79. The van der Waals surface area contributed by atoms with Gasteiger partial charge in [-0.05, 0) is 24.7 Å². The van der Waals surface area contributed by atoms with Gasteiger partial charge >= 0.3 is 12.0 Å². The second-order valence-electron chi connectivity index (χ2n) is 6.23. The lowest BCUT2D eigenvalue weighted by Crippen LogP contribution is -2.57. The fourth-order valence-corrected chi connectivity index (χ4v) is 2.61. The van der Waals surface area contributed by atoms with Crippen molar-refractivity contribution < 1.29 is 14.7 Å². The van der Waals surface area contributed by atoms with E-state index in [1.54, 1.807) is 4.90 Å². The molecule has 0 bridgehead atoms. The molecule has 0 radical (unpaired) electrons. The molecule has 5 heteroatoms. The van der Waals surface area contributed by atoms with Gasteiger partial charge in [-0.3, -0.25) is 4.79 Å². The van der Waals surface area contributed by atoms with Crippen LogP contribution in [0.5, 0.6) is 0 Å². The van der Waals surface area contributed by atoms with Gasteiger partial charge in [-0.15, -0.1) is 0 Å². The Morgan fingerprint density at radius 2 is 1.78 bits per heavy atom. The van der Waals surface area contributed by atoms with Crippen LogP contribution in [0.25, 0.3) is 0 Å². The molecule has 5 nitrogen and oxygen atoms in total. The molecule has 2 heterocycles. The van der Waals surface area contributed by atoms with E-state index in [-0.39, 0.29) is 11.9 Å². The molecule has 2 amide bonds. The fourth-order valence-electron chi connectivity index (χ4n) is 2.61. The number of urea groups is 1. The lowest BCUT2D eigenvalue weighted by molar-refractivity contribution is -0.146. The molecule has 2 aliphatic rings. The number of carbonyl (C=O) groups excluding carboxylic acids is 1. The summed E-state index contributed by atoms with van der Waals surface area (Å²) in [5.41, 5.74) is 0.313. The maximum absolute atomic E-state index is 12.2. The second-order valence-corrected chi connectivity index (χ2v) is 6.23. The summed E-state index contributed by atoms with van der Waals surface area (Å²) in [4.78, 5) is 26.4. The van der Waals surface area contributed by atoms with E-state index in [1.807, 2.05) is 4.90 Å². The number of nitrogens with zero attached hydrogens (tertiary/aromatic N) is 2. The standard InChI is InChI=1S/C13H22N2O3/c1-13(2)4-3-6-14(7-5-13)12(18)15-8-10(9-15)11(16)17/h10H,3-9H2,1-2H3,(H,16,17). The number of carbonyl (C=O) groups is 2. The summed E-state index contributed by atoms with van der Waals surface area (Å²) in [5.74, 6) is -1.16. The highest BCUT2D eigenvalue weighted by Crippen LogP contribution is 2.30. The minimum absolute atomic E-state index is 0.0187. The number of rotatable bonds is 1. The Balaban J connectivity index is 1.85. The Kier molecular flexibility index (Phi) is 3.50. The number of hydrogen-bond donors (Lipinski definition) is 1. The van der Waals surface area contributed by atoms with Crippen molar-refractivity contribution in [2.75, 3.05) is 26.2 Å². The molecule has 0 atom stereocenters. The van der Waals surface area contributed by atoms with Crippen molar-refractivity contribution in [1.82, 2.24) is 9.80 Å². The van der Waals surface area contributed by atoms with Gasteiger partial charge < -0.3 is 14.9 Å². The Bertz CT molecular complexity index is 348. The summed E-state index contributed by atoms with van der Waals surface area (Å²) < 4.78 is 0. The molecule has 0 unspecified atom stereocenters. The molecule has 2 saturated heterocycles. The molecule has 1 N–H and O–H groups in total. The molecule has 102 valence electrons. The summed E-state index contributed by atoms with van der Waals surface area (Å²) in [6, 6.07) is 0.0187. The first kappa shape index (κ1) is 13.2. The first-order valence-electron chi connectivity index (χ1n) is 6.66. The topological polar surface area (TPSA) is 60.9 Å². The van der Waals surface area contributed by atoms with Crippen LogP contribution in [0.15, 0.2) is 0 Å². The number of likely N-dealkylation sites (tertiary alicyclic amines) is 2. The number of amides is 2. The smallest absolute Gasteiger partial charge is 0.320 e. The highest BCUT2D eigenvalue weighted by Gasteiger charge is 2.38. The zero-order valence-corrected chi connectivity index (χ0v) is 11.2. The maximum atomic E-state index is 12.2. The van der Waals surface area contributed by atoms with Crippen molar-refractivity contribution in [1.29, 1.82) is 0 Å². The Morgan fingerprint density at radius 3 is 2.39 bits per heavy atom. The highest BCUT2D eigenvalue weighted by atomic mass is 16.4. The number of hydrogen-bond acceptors (Lipinski definition) is 2. The van der Waals surface area contributed by atoms with E-state index in [1.165, 1.54) is 0 Å². The van der Waals surface area contributed by atoms with Crippen LogP contribution in [0.2, 0.25) is 0 Å². The van der Waals surface area contributed by atoms with Gasteiger partial charge in [0.2, 0.25) is 0 Å². The van der Waals surface area contributed by atoms with Gasteiger partial charge in [-0.25, -0.2) is 4.79 Å². The van der Waals surface area contributed by atoms with Crippen LogP contribution in [-0.2, 0) is 4.79 Å². The fraction of sp³-hybridized carbons (Fsp3) is 0.846. The SMILES string of the molecule is CC1(C)CCCN(C(=O)N2CC(C(=O)O)C2)CC1. The van der Waals surface area contributed by atoms with E-state index < -0.39 is 5.97 Å². The van der Waals surface area contributed by atoms with E-state index in [0.29, 0.717) is 18.5 Å². The molecule has 0 aliphatic carbocycles. The quantitative estimate of drug-likeness (QED) is 0.773. The monoisotopic (exact) mass is 254 g/mol. The van der Waals surface area contributed by atoms with Gasteiger partial charge in [-0.1, -0.05) is 13.8 Å². The Hall–Kier alpha value is -1.26. The van der Waals surface area contributed by atoms with Crippen LogP contribution in [0.1, 0.15) is 33.1 Å². The third-order valence-electron chi connectivity index (χ3n) is 4.11. The van der Waals surface area contributed by atoms with Crippen molar-refractivity contribution >= 4 is 12.0 Å². The van der Waals surface area contributed by atoms with E-state index in [0.717, 1.165) is 32.4 Å². The lowest BCUT2D eigenvalue weighted by atomic mass is 9.85. The lowest BCUT2D eigenvalue weighted by Gasteiger charge is -2.39. The van der Waals surface area contributed by atoms with Gasteiger partial charge in [0.15, 0.2) is 0 Å². The largest absolute Gasteiger partial charge is 0.481 e. The minimum Gasteiger partial charge on any atom is -0.481 e. The molecule has 18 heavy (non-hydrogen) atoms. The molecule has 0 saturated carbocycles. The van der Waals surface area contributed by atoms with Crippen LogP contribution < -0.4 is 0 Å². The summed E-state index contributed by atoms with van der Waals surface area (Å²) >= 11 is 0. The van der Waals surface area contributed by atoms with Gasteiger partial charge in [0.05, 0.1) is 5.92 Å². The summed E-state index contributed by atoms with van der Waals surface area (Å²) in [5, 5.41) is 8.81. The molecule has 0 aromatic carbocycles. The predicted octanol–water partition coefficient (Wildman–Crippen LogP) is 1.63. The predicted molar refractivity (Wildman–Crippen MR) is 67.3 cm³/mol. The van der Waals surface area contributed by atoms with Crippen molar-refractivity contribution in [3.8, 4) is 0 Å². The molecule has 0 aromatic rings. The molecule has 0 spiro atoms. The summed E-state index contributed by atoms with van der Waals surface area (Å²) in [7, 11) is 0. The van der Waals surface area contributed by atoms with Crippen molar-refractivity contribution in [2.24, 2.45) is 11.3 Å². The van der Waals surface area contributed by atoms with Gasteiger partial charge in [0.25, 0.3) is 0 Å². The van der Waals surface area contributed by atoms with Crippen LogP contribution in [-0.4, -0.2) is 53.1 Å². The third-order valence-corrected chi connectivity index (χ3v) is 4.11.